The minimum atomic E-state index is -0.198. The number of carbonyl (C=O) groups is 1. The van der Waals surface area contributed by atoms with Crippen molar-refractivity contribution in [3.8, 4) is 0 Å². The summed E-state index contributed by atoms with van der Waals surface area (Å²) >= 11 is 5.86. The maximum Gasteiger partial charge on any atom is 0.321 e. The third kappa shape index (κ3) is 4.20. The second-order valence-corrected chi connectivity index (χ2v) is 4.54. The molecule has 0 aromatic heterocycles. The molecule has 1 aromatic carbocycles. The van der Waals surface area contributed by atoms with E-state index in [9.17, 15) is 4.79 Å². The summed E-state index contributed by atoms with van der Waals surface area (Å²) in [6, 6.07) is 5.11. The van der Waals surface area contributed by atoms with E-state index < -0.39 is 0 Å². The van der Waals surface area contributed by atoms with E-state index in [-0.39, 0.29) is 12.6 Å². The molecule has 100 valence electrons. The molecule has 0 fully saturated rings. The molecular formula is C13H19ClN2O2. The quantitative estimate of drug-likeness (QED) is 0.864. The number of anilines is 1. The van der Waals surface area contributed by atoms with Gasteiger partial charge >= 0.3 is 6.03 Å². The van der Waals surface area contributed by atoms with E-state index in [1.807, 2.05) is 13.8 Å². The van der Waals surface area contributed by atoms with Crippen LogP contribution in [0.25, 0.3) is 0 Å². The van der Waals surface area contributed by atoms with Crippen molar-refractivity contribution in [3.05, 3.63) is 28.8 Å². The minimum absolute atomic E-state index is 0.0347. The highest BCUT2D eigenvalue weighted by Gasteiger charge is 2.12. The second-order valence-electron chi connectivity index (χ2n) is 4.10. The Hall–Kier alpha value is -1.26. The van der Waals surface area contributed by atoms with Crippen molar-refractivity contribution < 1.29 is 9.90 Å². The molecular weight excluding hydrogens is 252 g/mol. The molecule has 0 bridgehead atoms. The number of nitrogens with zero attached hydrogens (tertiary/aromatic N) is 1. The fraction of sp³-hybridized carbons (Fsp3) is 0.462. The number of nitrogens with one attached hydrogen (secondary N) is 1. The zero-order valence-corrected chi connectivity index (χ0v) is 11.5. The largest absolute Gasteiger partial charge is 0.395 e. The van der Waals surface area contributed by atoms with Gasteiger partial charge in [0.05, 0.1) is 6.61 Å². The lowest BCUT2D eigenvalue weighted by Crippen LogP contribution is -2.37. The van der Waals surface area contributed by atoms with Crippen LogP contribution >= 0.6 is 11.6 Å². The molecule has 0 unspecified atom stereocenters. The number of hydrogen-bond donors (Lipinski definition) is 2. The molecule has 0 saturated carbocycles. The number of aliphatic hydroxyl groups is 1. The van der Waals surface area contributed by atoms with Crippen molar-refractivity contribution in [1.29, 1.82) is 0 Å². The Morgan fingerprint density at radius 2 is 2.17 bits per heavy atom. The smallest absolute Gasteiger partial charge is 0.321 e. The van der Waals surface area contributed by atoms with Crippen molar-refractivity contribution in [2.24, 2.45) is 0 Å². The van der Waals surface area contributed by atoms with Crippen LogP contribution in [0.1, 0.15) is 18.9 Å². The van der Waals surface area contributed by atoms with Crippen LogP contribution < -0.4 is 5.32 Å². The summed E-state index contributed by atoms with van der Waals surface area (Å²) in [7, 11) is 0. The number of hydrogen-bond acceptors (Lipinski definition) is 2. The number of rotatable bonds is 5. The number of benzene rings is 1. The van der Waals surface area contributed by atoms with E-state index in [1.165, 1.54) is 0 Å². The number of urea groups is 1. The van der Waals surface area contributed by atoms with Crippen molar-refractivity contribution in [1.82, 2.24) is 4.90 Å². The minimum Gasteiger partial charge on any atom is -0.395 e. The highest BCUT2D eigenvalue weighted by molar-refractivity contribution is 6.30. The van der Waals surface area contributed by atoms with Gasteiger partial charge in [-0.1, -0.05) is 18.5 Å². The van der Waals surface area contributed by atoms with Gasteiger partial charge in [0.1, 0.15) is 0 Å². The molecule has 5 heteroatoms. The van der Waals surface area contributed by atoms with E-state index in [4.69, 9.17) is 16.7 Å². The molecule has 0 spiro atoms. The maximum absolute atomic E-state index is 12.0. The average molecular weight is 271 g/mol. The molecule has 2 amide bonds. The summed E-state index contributed by atoms with van der Waals surface area (Å²) in [6.07, 6.45) is 0.854. The average Bonchev–Trinajstić information content (AvgIpc) is 2.32. The van der Waals surface area contributed by atoms with Gasteiger partial charge in [0.15, 0.2) is 0 Å². The zero-order chi connectivity index (χ0) is 13.5. The molecule has 0 aliphatic carbocycles. The molecule has 18 heavy (non-hydrogen) atoms. The Kier molecular flexibility index (Phi) is 5.95. The van der Waals surface area contributed by atoms with Gasteiger partial charge in [0.2, 0.25) is 0 Å². The fourth-order valence-electron chi connectivity index (χ4n) is 1.67. The van der Waals surface area contributed by atoms with Gasteiger partial charge in [-0.2, -0.15) is 0 Å². The van der Waals surface area contributed by atoms with E-state index in [0.717, 1.165) is 17.7 Å². The summed E-state index contributed by atoms with van der Waals surface area (Å²) in [5.41, 5.74) is 1.65. The molecule has 2 N–H and O–H groups in total. The number of aliphatic hydroxyl groups excluding tert-OH is 1. The Labute approximate surface area is 113 Å². The van der Waals surface area contributed by atoms with E-state index in [2.05, 4.69) is 5.32 Å². The fourth-order valence-corrected chi connectivity index (χ4v) is 1.89. The van der Waals surface area contributed by atoms with Crippen LogP contribution in [0.4, 0.5) is 10.5 Å². The predicted molar refractivity (Wildman–Crippen MR) is 74.2 cm³/mol. The van der Waals surface area contributed by atoms with Crippen molar-refractivity contribution in [3.63, 3.8) is 0 Å². The molecule has 1 rings (SSSR count). The van der Waals surface area contributed by atoms with Gasteiger partial charge in [-0.25, -0.2) is 4.79 Å². The monoisotopic (exact) mass is 270 g/mol. The van der Waals surface area contributed by atoms with Crippen LogP contribution in [0.15, 0.2) is 18.2 Å². The number of carbonyl (C=O) groups excluding carboxylic acids is 1. The van der Waals surface area contributed by atoms with Crippen molar-refractivity contribution in [2.45, 2.75) is 20.3 Å². The van der Waals surface area contributed by atoms with Crippen molar-refractivity contribution in [2.75, 3.05) is 25.0 Å². The summed E-state index contributed by atoms with van der Waals surface area (Å²) < 4.78 is 0. The van der Waals surface area contributed by atoms with Crippen LogP contribution in [0, 0.1) is 6.92 Å². The third-order valence-corrected chi connectivity index (χ3v) is 2.82. The predicted octanol–water partition coefficient (Wildman–Crippen LogP) is 2.88. The highest BCUT2D eigenvalue weighted by Crippen LogP contribution is 2.19. The van der Waals surface area contributed by atoms with Gasteiger partial charge in [0, 0.05) is 23.8 Å². The summed E-state index contributed by atoms with van der Waals surface area (Å²) in [6.45, 7) is 4.81. The first kappa shape index (κ1) is 14.8. The second kappa shape index (κ2) is 7.24. The first-order chi connectivity index (χ1) is 8.58. The normalized spacial score (nSPS) is 10.2. The lowest BCUT2D eigenvalue weighted by Gasteiger charge is -2.22. The lowest BCUT2D eigenvalue weighted by atomic mass is 10.2. The zero-order valence-electron chi connectivity index (χ0n) is 10.7. The van der Waals surface area contributed by atoms with Crippen molar-refractivity contribution >= 4 is 23.3 Å². The Balaban J connectivity index is 2.72. The van der Waals surface area contributed by atoms with Crippen LogP contribution in [-0.2, 0) is 0 Å². The first-order valence-electron chi connectivity index (χ1n) is 6.01. The molecule has 0 aliphatic heterocycles. The Morgan fingerprint density at radius 3 is 2.72 bits per heavy atom. The van der Waals surface area contributed by atoms with Gasteiger partial charge in [-0.05, 0) is 37.1 Å². The van der Waals surface area contributed by atoms with E-state index >= 15 is 0 Å². The van der Waals surface area contributed by atoms with E-state index in [1.54, 1.807) is 23.1 Å². The summed E-state index contributed by atoms with van der Waals surface area (Å²) in [5.74, 6) is 0. The van der Waals surface area contributed by atoms with E-state index in [0.29, 0.717) is 18.1 Å². The Bertz CT molecular complexity index is 404. The maximum atomic E-state index is 12.0. The summed E-state index contributed by atoms with van der Waals surface area (Å²) in [5, 5.41) is 12.4. The Morgan fingerprint density at radius 1 is 1.44 bits per heavy atom. The van der Waals surface area contributed by atoms with Crippen LogP contribution in [-0.4, -0.2) is 35.7 Å². The van der Waals surface area contributed by atoms with Crippen LogP contribution in [0.5, 0.6) is 0 Å². The molecule has 1 aromatic rings. The number of amides is 2. The van der Waals surface area contributed by atoms with Gasteiger partial charge in [0.25, 0.3) is 0 Å². The summed E-state index contributed by atoms with van der Waals surface area (Å²) in [4.78, 5) is 13.6. The third-order valence-electron chi connectivity index (χ3n) is 2.58. The van der Waals surface area contributed by atoms with Crippen LogP contribution in [0.2, 0.25) is 5.02 Å². The molecule has 0 heterocycles. The molecule has 0 saturated heterocycles. The molecule has 0 aliphatic rings. The van der Waals surface area contributed by atoms with Gasteiger partial charge in [-0.15, -0.1) is 0 Å². The molecule has 4 nitrogen and oxygen atoms in total. The standard InChI is InChI=1S/C13H19ClN2O2/c1-3-6-16(7-8-17)13(18)15-12-5-4-11(14)9-10(12)2/h4-5,9,17H,3,6-8H2,1-2H3,(H,15,18). The molecule has 0 radical (unpaired) electrons. The lowest BCUT2D eigenvalue weighted by molar-refractivity contribution is 0.188. The first-order valence-corrected chi connectivity index (χ1v) is 6.39. The number of aryl methyl sites for hydroxylation is 1. The van der Waals surface area contributed by atoms with Gasteiger partial charge < -0.3 is 15.3 Å². The highest BCUT2D eigenvalue weighted by atomic mass is 35.5. The SMILES string of the molecule is CCCN(CCO)C(=O)Nc1ccc(Cl)cc1C. The van der Waals surface area contributed by atoms with Gasteiger partial charge in [-0.3, -0.25) is 0 Å². The number of halogens is 1. The topological polar surface area (TPSA) is 52.6 Å². The van der Waals surface area contributed by atoms with Crippen LogP contribution in [0.3, 0.4) is 0 Å². The molecule has 0 atom stereocenters.